The molecule has 4 rings (SSSR count). The second-order valence-electron chi connectivity index (χ2n) is 6.04. The number of carbonyl (C=O) groups is 1. The van der Waals surface area contributed by atoms with Crippen molar-refractivity contribution < 1.29 is 4.79 Å². The zero-order valence-corrected chi connectivity index (χ0v) is 14.0. The predicted molar refractivity (Wildman–Crippen MR) is 94.8 cm³/mol. The first-order valence-electron chi connectivity index (χ1n) is 8.12. The maximum atomic E-state index is 12.4. The van der Waals surface area contributed by atoms with Crippen LogP contribution in [0.1, 0.15) is 18.8 Å². The van der Waals surface area contributed by atoms with Crippen LogP contribution in [0, 0.1) is 0 Å². The molecule has 7 heteroatoms. The van der Waals surface area contributed by atoms with E-state index < -0.39 is 0 Å². The molecule has 0 bridgehead atoms. The van der Waals surface area contributed by atoms with Crippen molar-refractivity contribution in [1.29, 1.82) is 0 Å². The first kappa shape index (κ1) is 15.3. The number of amides is 1. The molecule has 25 heavy (non-hydrogen) atoms. The van der Waals surface area contributed by atoms with Crippen LogP contribution in [0.2, 0.25) is 0 Å². The summed E-state index contributed by atoms with van der Waals surface area (Å²) in [5, 5.41) is 11.1. The fourth-order valence-electron chi connectivity index (χ4n) is 3.07. The molecular formula is C18H18N6O. The summed E-state index contributed by atoms with van der Waals surface area (Å²) in [5.41, 5.74) is 3.58. The maximum Gasteiger partial charge on any atom is 0.242 e. The number of aryl methyl sites for hydroxylation is 1. The van der Waals surface area contributed by atoms with Crippen molar-refractivity contribution in [3.05, 3.63) is 54.4 Å². The number of para-hydroxylation sites is 3. The molecule has 1 N–H and O–H groups in total. The molecule has 2 heterocycles. The van der Waals surface area contributed by atoms with Crippen LogP contribution in [0.3, 0.4) is 0 Å². The van der Waals surface area contributed by atoms with E-state index in [2.05, 4.69) is 20.6 Å². The van der Waals surface area contributed by atoms with Gasteiger partial charge in [0.25, 0.3) is 0 Å². The number of benzene rings is 2. The number of hydrogen-bond acceptors (Lipinski definition) is 4. The number of aromatic nitrogens is 5. The summed E-state index contributed by atoms with van der Waals surface area (Å²) in [5.74, 6) is 0.688. The summed E-state index contributed by atoms with van der Waals surface area (Å²) in [6.45, 7) is 2.05. The summed E-state index contributed by atoms with van der Waals surface area (Å²) >= 11 is 0. The van der Waals surface area contributed by atoms with Gasteiger partial charge in [-0.2, -0.15) is 0 Å². The minimum Gasteiger partial charge on any atom is -0.345 e. The van der Waals surface area contributed by atoms with Gasteiger partial charge in [0.2, 0.25) is 5.91 Å². The molecule has 0 spiro atoms. The molecule has 2 aromatic heterocycles. The van der Waals surface area contributed by atoms with Gasteiger partial charge in [-0.25, -0.2) is 9.67 Å². The van der Waals surface area contributed by atoms with E-state index in [9.17, 15) is 4.79 Å². The standard InChI is InChI=1S/C18H18N6O/c1-12(18-20-13-7-3-5-9-15(13)23(18)2)19-17(25)11-24-16-10-6-4-8-14(16)21-22-24/h3-10,12H,11H2,1-2H3,(H,19,25). The lowest BCUT2D eigenvalue weighted by Crippen LogP contribution is -2.31. The minimum atomic E-state index is -0.209. The van der Waals surface area contributed by atoms with Gasteiger partial charge in [-0.05, 0) is 31.2 Å². The topological polar surface area (TPSA) is 77.6 Å². The van der Waals surface area contributed by atoms with E-state index >= 15 is 0 Å². The van der Waals surface area contributed by atoms with E-state index in [4.69, 9.17) is 0 Å². The van der Waals surface area contributed by atoms with Crippen molar-refractivity contribution in [3.8, 4) is 0 Å². The highest BCUT2D eigenvalue weighted by molar-refractivity contribution is 5.80. The molecular weight excluding hydrogens is 316 g/mol. The lowest BCUT2D eigenvalue weighted by atomic mass is 10.3. The van der Waals surface area contributed by atoms with E-state index in [1.165, 1.54) is 0 Å². The van der Waals surface area contributed by atoms with Crippen LogP contribution in [0.5, 0.6) is 0 Å². The van der Waals surface area contributed by atoms with Gasteiger partial charge in [0.1, 0.15) is 17.9 Å². The van der Waals surface area contributed by atoms with Crippen LogP contribution >= 0.6 is 0 Å². The van der Waals surface area contributed by atoms with Gasteiger partial charge in [0.15, 0.2) is 0 Å². The molecule has 0 aliphatic rings. The minimum absolute atomic E-state index is 0.120. The maximum absolute atomic E-state index is 12.4. The third kappa shape index (κ3) is 2.73. The first-order chi connectivity index (χ1) is 12.1. The van der Waals surface area contributed by atoms with E-state index in [0.717, 1.165) is 27.9 Å². The van der Waals surface area contributed by atoms with Gasteiger partial charge >= 0.3 is 0 Å². The normalized spacial score (nSPS) is 12.6. The van der Waals surface area contributed by atoms with Crippen molar-refractivity contribution in [1.82, 2.24) is 29.9 Å². The average Bonchev–Trinajstić information content (AvgIpc) is 3.17. The highest BCUT2D eigenvalue weighted by atomic mass is 16.2. The Morgan fingerprint density at radius 1 is 1.08 bits per heavy atom. The number of carbonyl (C=O) groups excluding carboxylic acids is 1. The SMILES string of the molecule is CC(NC(=O)Cn1nnc2ccccc21)c1nc2ccccc2n1C. The zero-order chi connectivity index (χ0) is 17.4. The van der Waals surface area contributed by atoms with E-state index in [1.807, 2.05) is 67.1 Å². The number of hydrogen-bond donors (Lipinski definition) is 1. The molecule has 0 saturated heterocycles. The fraction of sp³-hybridized carbons (Fsp3) is 0.222. The number of fused-ring (bicyclic) bond motifs is 2. The number of imidazole rings is 1. The van der Waals surface area contributed by atoms with Crippen LogP contribution in [-0.4, -0.2) is 30.5 Å². The Bertz CT molecular complexity index is 1060. The Hall–Kier alpha value is -3.22. The van der Waals surface area contributed by atoms with Gasteiger partial charge in [-0.1, -0.05) is 29.5 Å². The van der Waals surface area contributed by atoms with E-state index in [1.54, 1.807) is 4.68 Å². The van der Waals surface area contributed by atoms with Crippen LogP contribution in [0.4, 0.5) is 0 Å². The predicted octanol–water partition coefficient (Wildman–Crippen LogP) is 2.20. The van der Waals surface area contributed by atoms with Gasteiger partial charge in [-0.3, -0.25) is 4.79 Å². The van der Waals surface area contributed by atoms with Gasteiger partial charge in [-0.15, -0.1) is 5.10 Å². The highest BCUT2D eigenvalue weighted by Gasteiger charge is 2.17. The molecule has 0 aliphatic heterocycles. The number of rotatable bonds is 4. The van der Waals surface area contributed by atoms with Crippen LogP contribution < -0.4 is 5.32 Å². The molecule has 4 aromatic rings. The Balaban J connectivity index is 1.52. The monoisotopic (exact) mass is 334 g/mol. The third-order valence-electron chi connectivity index (χ3n) is 4.30. The second kappa shape index (κ2) is 6.01. The van der Waals surface area contributed by atoms with Crippen LogP contribution in [0.15, 0.2) is 48.5 Å². The summed E-state index contributed by atoms with van der Waals surface area (Å²) in [7, 11) is 1.96. The quantitative estimate of drug-likeness (QED) is 0.620. The average molecular weight is 334 g/mol. The molecule has 2 aromatic carbocycles. The summed E-state index contributed by atoms with van der Waals surface area (Å²) in [6.07, 6.45) is 0. The van der Waals surface area contributed by atoms with Crippen molar-refractivity contribution in [2.24, 2.45) is 7.05 Å². The molecule has 1 amide bonds. The van der Waals surface area contributed by atoms with Crippen molar-refractivity contribution in [2.75, 3.05) is 0 Å². The fourth-order valence-corrected chi connectivity index (χ4v) is 3.07. The molecule has 1 atom stereocenters. The molecule has 7 nitrogen and oxygen atoms in total. The molecule has 126 valence electrons. The summed E-state index contributed by atoms with van der Waals surface area (Å²) in [4.78, 5) is 17.1. The first-order valence-corrected chi connectivity index (χ1v) is 8.12. The lowest BCUT2D eigenvalue weighted by Gasteiger charge is -2.14. The molecule has 0 saturated carbocycles. The smallest absolute Gasteiger partial charge is 0.242 e. The summed E-state index contributed by atoms with van der Waals surface area (Å²) in [6, 6.07) is 15.3. The van der Waals surface area contributed by atoms with E-state index in [0.29, 0.717) is 0 Å². The largest absolute Gasteiger partial charge is 0.345 e. The van der Waals surface area contributed by atoms with Gasteiger partial charge in [0.05, 0.1) is 22.6 Å². The van der Waals surface area contributed by atoms with E-state index in [-0.39, 0.29) is 18.5 Å². The van der Waals surface area contributed by atoms with Crippen molar-refractivity contribution in [3.63, 3.8) is 0 Å². The van der Waals surface area contributed by atoms with Crippen molar-refractivity contribution in [2.45, 2.75) is 19.5 Å². The van der Waals surface area contributed by atoms with Crippen LogP contribution in [-0.2, 0) is 18.4 Å². The Labute approximate surface area is 144 Å². The highest BCUT2D eigenvalue weighted by Crippen LogP contribution is 2.19. The molecule has 0 aliphatic carbocycles. The Morgan fingerprint density at radius 2 is 1.76 bits per heavy atom. The number of nitrogens with one attached hydrogen (secondary N) is 1. The summed E-state index contributed by atoms with van der Waals surface area (Å²) < 4.78 is 3.61. The number of nitrogens with zero attached hydrogens (tertiary/aromatic N) is 5. The van der Waals surface area contributed by atoms with Gasteiger partial charge < -0.3 is 9.88 Å². The Morgan fingerprint density at radius 3 is 2.52 bits per heavy atom. The van der Waals surface area contributed by atoms with Crippen LogP contribution in [0.25, 0.3) is 22.1 Å². The van der Waals surface area contributed by atoms with Gasteiger partial charge in [0, 0.05) is 7.05 Å². The molecule has 0 radical (unpaired) electrons. The second-order valence-corrected chi connectivity index (χ2v) is 6.04. The third-order valence-corrected chi connectivity index (χ3v) is 4.30. The molecule has 1 unspecified atom stereocenters. The zero-order valence-electron chi connectivity index (χ0n) is 14.0. The lowest BCUT2D eigenvalue weighted by molar-refractivity contribution is -0.122. The van der Waals surface area contributed by atoms with Crippen molar-refractivity contribution >= 4 is 28.0 Å². The molecule has 0 fully saturated rings. The Kier molecular flexibility index (Phi) is 3.68.